The van der Waals surface area contributed by atoms with Crippen molar-refractivity contribution in [2.24, 2.45) is 142 Å². The van der Waals surface area contributed by atoms with Crippen molar-refractivity contribution in [1.82, 2.24) is 4.98 Å². The van der Waals surface area contributed by atoms with Crippen LogP contribution in [0.1, 0.15) is 434 Å². The molecule has 6 N–H and O–H groups in total. The first-order valence-corrected chi connectivity index (χ1v) is 49.5. The summed E-state index contributed by atoms with van der Waals surface area (Å²) in [6.45, 7) is 111. The van der Waals surface area contributed by atoms with E-state index in [1.807, 2.05) is 37.7 Å². The maximum absolute atomic E-state index is 10.1. The second-order valence-electron chi connectivity index (χ2n) is 40.5. The van der Waals surface area contributed by atoms with Gasteiger partial charge in [0, 0.05) is 29.9 Å². The largest absolute Gasteiger partial charge is 0.508 e. The minimum absolute atomic E-state index is 0.196. The summed E-state index contributed by atoms with van der Waals surface area (Å²) in [6, 6.07) is 26.5. The monoisotopic (exact) mass is 1670 g/mol. The summed E-state index contributed by atoms with van der Waals surface area (Å²) < 4.78 is 0. The molecule has 1 aromatic heterocycles. The molecular weight excluding hydrogens is 1440 g/mol. The molecule has 2 atom stereocenters. The summed E-state index contributed by atoms with van der Waals surface area (Å²) in [5.74, 6) is 19.2. The molecule has 0 unspecified atom stereocenters. The molecule has 7 heteroatoms. The number of H-pyrrole nitrogens is 1. The van der Waals surface area contributed by atoms with Crippen molar-refractivity contribution in [2.75, 3.05) is 12.0 Å². The maximum atomic E-state index is 10.1. The number of phenols is 1. The number of fused-ring (bicyclic) bond motifs is 1. The number of phenolic OH excluding ortho intramolecular Hbond substituents is 1. The Morgan fingerprint density at radius 2 is 0.632 bits per heavy atom. The SMILES string of the molecule is CC(C)C.CC(C)C(C)C.CC(C)C(C)C.CC(C)C(C)C.CC(C)CC(C)C.CC(C)CC(N)=O.CC(C)CCC(N)=O.CC(C)Cc1c[nH]c2ccccc12.CC(C)Cc1ccc(O)cc1.CC(C)Cc1ccccc1.CCC.CCC(C)C.CCC(C)C.CCC(C)C.CC[C@@H](C)C(C)C.CC[C@H](C)C(C)C.CSCCC(C)C. The predicted molar refractivity (Wildman–Crippen MR) is 552 cm³/mol. The van der Waals surface area contributed by atoms with Crippen LogP contribution in [0.3, 0.4) is 0 Å². The van der Waals surface area contributed by atoms with Gasteiger partial charge in [-0.25, -0.2) is 0 Å². The Kier molecular flexibility index (Phi) is 123. The zero-order chi connectivity index (χ0) is 95.2. The van der Waals surface area contributed by atoms with Crippen molar-refractivity contribution in [3.63, 3.8) is 0 Å². The summed E-state index contributed by atoms with van der Waals surface area (Å²) in [4.78, 5) is 23.5. The van der Waals surface area contributed by atoms with Crippen molar-refractivity contribution in [3.8, 4) is 5.75 Å². The van der Waals surface area contributed by atoms with Crippen molar-refractivity contribution < 1.29 is 14.7 Å². The van der Waals surface area contributed by atoms with Gasteiger partial charge in [-0.1, -0.05) is 445 Å². The van der Waals surface area contributed by atoms with Crippen LogP contribution in [0.15, 0.2) is 85.1 Å². The normalized spacial score (nSPS) is 10.8. The van der Waals surface area contributed by atoms with Crippen LogP contribution in [-0.2, 0) is 28.9 Å². The minimum atomic E-state index is -0.213. The average Bonchev–Trinajstić information content (AvgIpc) is 1.69. The van der Waals surface area contributed by atoms with Gasteiger partial charge >= 0.3 is 0 Å². The zero-order valence-electron chi connectivity index (χ0n) is 89.7. The molecule has 0 spiro atoms. The topological polar surface area (TPSA) is 122 Å². The number of hydrogen-bond donors (Lipinski definition) is 4. The molecular formula is C110H225N3O3S. The highest BCUT2D eigenvalue weighted by Crippen LogP contribution is 2.21. The van der Waals surface area contributed by atoms with Crippen LogP contribution in [0.2, 0.25) is 0 Å². The van der Waals surface area contributed by atoms with E-state index >= 15 is 0 Å². The quantitative estimate of drug-likeness (QED) is 0.0500. The number of aromatic nitrogens is 1. The molecule has 0 saturated carbocycles. The zero-order valence-corrected chi connectivity index (χ0v) is 90.5. The van der Waals surface area contributed by atoms with Gasteiger partial charge in [0.2, 0.25) is 11.8 Å². The third-order valence-electron chi connectivity index (χ3n) is 18.8. The number of carbonyl (C=O) groups excluding carboxylic acids is 2. The summed E-state index contributed by atoms with van der Waals surface area (Å²) in [7, 11) is 0. The number of thioether (sulfide) groups is 1. The van der Waals surface area contributed by atoms with Gasteiger partial charge in [-0.15, -0.1) is 0 Å². The van der Waals surface area contributed by atoms with Gasteiger partial charge in [-0.3, -0.25) is 9.59 Å². The molecule has 3 aromatic carbocycles. The van der Waals surface area contributed by atoms with Gasteiger partial charge < -0.3 is 21.6 Å². The fourth-order valence-corrected chi connectivity index (χ4v) is 7.71. The maximum Gasteiger partial charge on any atom is 0.217 e. The standard InChI is InChI=1S/C12H15N.C10H14O.C10H14.3C7H16.C6H13NO.C6H14S.3C6H14.C5H11NO.3C5H12.C4H10.C3H8/c1-9(2)7-10-8-13-12-6-4-3-5-11(10)12;1-8(2)7-9-3-5-10(11)6-4-9;1-9(2)8-10-6-4-3-5-7-10;1-6(2)5-7(3)4;2*1-5-7(4)6(2)3;1-5(2)3-4-6(7)8;1-6(2)4-5-7-3;3*1-5(2)6(3)4;1-4(2)3-5(6)7;3*1-4-5(2)3;1-4(2)3;1-3-2/h3-6,8-9,13H,7H2,1-2H3;3-6,8,11H,7H2,1-2H3;3-7,9H,8H2,1-2H3;3*6-7H,5H2,1-4H3;5H,3-4H2,1-2H3,(H2,7,8);6H,4-5H2,1-3H3;3*5-6H,1-4H3;4H,3H2,1-2H3,(H2,6,7);3*5H,4H2,1-3H3;4H,1-3H3;3H2,1-2H3/t;;;;2*7-;;;;;;;;;;;/m....10.........../s1. The molecule has 0 saturated heterocycles. The molecule has 0 fully saturated rings. The van der Waals surface area contributed by atoms with Gasteiger partial charge in [0.25, 0.3) is 0 Å². The Balaban J connectivity index is -0.0000000903. The predicted octanol–water partition coefficient (Wildman–Crippen LogP) is 36.9. The lowest BCUT2D eigenvalue weighted by Crippen LogP contribution is -2.12. The van der Waals surface area contributed by atoms with E-state index in [9.17, 15) is 9.59 Å². The Labute approximate surface area is 746 Å². The summed E-state index contributed by atoms with van der Waals surface area (Å²) in [6.07, 6.45) is 20.2. The van der Waals surface area contributed by atoms with Crippen LogP contribution < -0.4 is 11.5 Å². The third kappa shape index (κ3) is 157. The van der Waals surface area contributed by atoms with Crippen LogP contribution in [0.5, 0.6) is 5.75 Å². The number of aromatic hydroxyl groups is 1. The lowest BCUT2D eigenvalue weighted by molar-refractivity contribution is -0.119. The number of amides is 2. The molecule has 6 nitrogen and oxygen atoms in total. The van der Waals surface area contributed by atoms with E-state index < -0.39 is 0 Å². The fourth-order valence-electron chi connectivity index (χ4n) is 7.00. The highest BCUT2D eigenvalue weighted by Gasteiger charge is 2.06. The summed E-state index contributed by atoms with van der Waals surface area (Å²) >= 11 is 1.93. The highest BCUT2D eigenvalue weighted by molar-refractivity contribution is 7.98. The molecule has 0 aliphatic carbocycles. The van der Waals surface area contributed by atoms with E-state index in [2.05, 4.69) is 404 Å². The first-order valence-electron chi connectivity index (χ1n) is 48.1. The van der Waals surface area contributed by atoms with Crippen LogP contribution in [-0.4, -0.2) is 33.9 Å². The first-order chi connectivity index (χ1) is 53.6. The first kappa shape index (κ1) is 142. The molecule has 4 aromatic rings. The molecule has 4 rings (SSSR count). The van der Waals surface area contributed by atoms with E-state index in [1.165, 1.54) is 91.1 Å². The second-order valence-corrected chi connectivity index (χ2v) is 41.5. The van der Waals surface area contributed by atoms with E-state index in [0.717, 1.165) is 132 Å². The number of hydrogen-bond acceptors (Lipinski definition) is 4. The Hall–Kier alpha value is -3.71. The summed E-state index contributed by atoms with van der Waals surface area (Å²) in [5, 5.41) is 10.4. The molecule has 0 radical (unpaired) electrons. The molecule has 0 aliphatic rings. The van der Waals surface area contributed by atoms with E-state index in [4.69, 9.17) is 16.6 Å². The van der Waals surface area contributed by atoms with Crippen molar-refractivity contribution in [1.29, 1.82) is 0 Å². The van der Waals surface area contributed by atoms with Gasteiger partial charge in [-0.05, 0) is 216 Å². The number of nitrogens with two attached hydrogens (primary N) is 2. The van der Waals surface area contributed by atoms with E-state index in [1.54, 1.807) is 12.1 Å². The number of aromatic amines is 1. The Morgan fingerprint density at radius 3 is 0.812 bits per heavy atom. The number of para-hydroxylation sites is 1. The average molecular weight is 1670 g/mol. The molecule has 704 valence electrons. The smallest absolute Gasteiger partial charge is 0.217 e. The van der Waals surface area contributed by atoms with Crippen LogP contribution in [0.25, 0.3) is 10.9 Å². The van der Waals surface area contributed by atoms with Crippen LogP contribution in [0.4, 0.5) is 0 Å². The summed E-state index contributed by atoms with van der Waals surface area (Å²) in [5.41, 5.74) is 15.2. The number of rotatable bonds is 26. The minimum Gasteiger partial charge on any atom is -0.508 e. The number of benzene rings is 3. The van der Waals surface area contributed by atoms with Gasteiger partial charge in [0.1, 0.15) is 5.75 Å². The number of nitrogens with one attached hydrogen (secondary N) is 1. The number of carbonyl (C=O) groups is 2. The van der Waals surface area contributed by atoms with Gasteiger partial charge in [0.05, 0.1) is 0 Å². The van der Waals surface area contributed by atoms with Gasteiger partial charge in [0.15, 0.2) is 0 Å². The lowest BCUT2D eigenvalue weighted by Gasteiger charge is -2.10. The molecule has 0 aliphatic heterocycles. The molecule has 2 amide bonds. The Bertz CT molecular complexity index is 2350. The Morgan fingerprint density at radius 1 is 0.342 bits per heavy atom. The van der Waals surface area contributed by atoms with E-state index in [0.29, 0.717) is 36.3 Å². The number of primary amides is 2. The van der Waals surface area contributed by atoms with Gasteiger partial charge in [-0.2, -0.15) is 11.8 Å². The third-order valence-corrected chi connectivity index (χ3v) is 19.4. The van der Waals surface area contributed by atoms with Crippen molar-refractivity contribution >= 4 is 34.5 Å². The molecule has 1 heterocycles. The fraction of sp³-hybridized carbons (Fsp3) is 0.800. The molecule has 117 heavy (non-hydrogen) atoms. The lowest BCUT2D eigenvalue weighted by atomic mass is 9.96. The molecule has 0 bridgehead atoms. The van der Waals surface area contributed by atoms with Crippen molar-refractivity contribution in [2.45, 2.75) is 436 Å². The van der Waals surface area contributed by atoms with E-state index in [-0.39, 0.29) is 11.8 Å². The van der Waals surface area contributed by atoms with Crippen LogP contribution in [0, 0.1) is 130 Å². The van der Waals surface area contributed by atoms with Crippen molar-refractivity contribution in [3.05, 3.63) is 102 Å². The second kappa shape index (κ2) is 101. The van der Waals surface area contributed by atoms with Crippen LogP contribution >= 0.6 is 11.8 Å². The highest BCUT2D eigenvalue weighted by atomic mass is 32.2.